The molecule has 1 heterocycles. The van der Waals surface area contributed by atoms with Crippen molar-refractivity contribution in [3.63, 3.8) is 0 Å². The van der Waals surface area contributed by atoms with Crippen LogP contribution in [0, 0.1) is 5.92 Å². The summed E-state index contributed by atoms with van der Waals surface area (Å²) in [4.78, 5) is 0. The molecule has 1 aromatic rings. The van der Waals surface area contributed by atoms with Crippen LogP contribution < -0.4 is 5.73 Å². The first-order valence-corrected chi connectivity index (χ1v) is 8.86. The predicted molar refractivity (Wildman–Crippen MR) is 89.7 cm³/mol. The maximum absolute atomic E-state index is 6.67. The third-order valence-electron chi connectivity index (χ3n) is 5.09. The van der Waals surface area contributed by atoms with Crippen LogP contribution in [0.5, 0.6) is 0 Å². The Morgan fingerprint density at radius 1 is 1.33 bits per heavy atom. The largest absolute Gasteiger partial charge is 0.325 e. The molecule has 0 bridgehead atoms. The molecule has 1 saturated carbocycles. The van der Waals surface area contributed by atoms with Gasteiger partial charge in [-0.05, 0) is 38.0 Å². The van der Waals surface area contributed by atoms with Gasteiger partial charge in [-0.25, -0.2) is 0 Å². The summed E-state index contributed by atoms with van der Waals surface area (Å²) in [6, 6.07) is 0. The molecule has 1 aliphatic carbocycles. The monoisotopic (exact) mass is 311 g/mol. The molecule has 3 nitrogen and oxygen atoms in total. The number of nitrogens with two attached hydrogens (primary N) is 1. The van der Waals surface area contributed by atoms with Crippen molar-refractivity contribution in [1.29, 1.82) is 0 Å². The number of nitrogens with zero attached hydrogens (tertiary/aromatic N) is 2. The van der Waals surface area contributed by atoms with Crippen LogP contribution in [0.25, 0.3) is 0 Å². The highest BCUT2D eigenvalue weighted by atomic mass is 35.5. The van der Waals surface area contributed by atoms with Crippen LogP contribution in [0.2, 0.25) is 5.02 Å². The summed E-state index contributed by atoms with van der Waals surface area (Å²) in [6.45, 7) is 4.36. The van der Waals surface area contributed by atoms with E-state index in [1.54, 1.807) is 0 Å². The summed E-state index contributed by atoms with van der Waals surface area (Å²) in [7, 11) is 1.98. The van der Waals surface area contributed by atoms with Crippen LogP contribution in [0.15, 0.2) is 0 Å². The number of aromatic nitrogens is 2. The van der Waals surface area contributed by atoms with Crippen molar-refractivity contribution in [2.75, 3.05) is 0 Å². The van der Waals surface area contributed by atoms with Crippen molar-refractivity contribution >= 4 is 11.6 Å². The van der Waals surface area contributed by atoms with Crippen molar-refractivity contribution < 1.29 is 0 Å². The zero-order chi connectivity index (χ0) is 15.5. The van der Waals surface area contributed by atoms with Gasteiger partial charge in [-0.2, -0.15) is 5.10 Å². The van der Waals surface area contributed by atoms with Crippen molar-refractivity contribution in [2.24, 2.45) is 18.7 Å². The molecule has 0 spiro atoms. The van der Waals surface area contributed by atoms with E-state index in [4.69, 9.17) is 17.3 Å². The Hall–Kier alpha value is -0.540. The summed E-state index contributed by atoms with van der Waals surface area (Å²) >= 11 is 6.47. The first-order valence-electron chi connectivity index (χ1n) is 8.48. The standard InChI is InChI=1S/C17H30ClN3/c1-4-6-7-13-8-10-17(19,11-9-13)12-15-16(18)14(5-2)20-21(15)3/h13H,4-12,19H2,1-3H3. The average Bonchev–Trinajstić information content (AvgIpc) is 2.74. The molecule has 21 heavy (non-hydrogen) atoms. The topological polar surface area (TPSA) is 43.8 Å². The van der Waals surface area contributed by atoms with E-state index >= 15 is 0 Å². The Kier molecular flexibility index (Phi) is 5.73. The molecule has 2 N–H and O–H groups in total. The van der Waals surface area contributed by atoms with Gasteiger partial charge < -0.3 is 5.73 Å². The number of unbranched alkanes of at least 4 members (excludes halogenated alkanes) is 1. The van der Waals surface area contributed by atoms with Gasteiger partial charge in [0.2, 0.25) is 0 Å². The second-order valence-electron chi connectivity index (χ2n) is 6.81. The third-order valence-corrected chi connectivity index (χ3v) is 5.53. The molecule has 0 amide bonds. The first kappa shape index (κ1) is 16.8. The summed E-state index contributed by atoms with van der Waals surface area (Å²) in [5, 5.41) is 5.34. The van der Waals surface area contributed by atoms with Crippen LogP contribution >= 0.6 is 11.6 Å². The molecule has 1 fully saturated rings. The highest BCUT2D eigenvalue weighted by Gasteiger charge is 2.33. The molecule has 1 aliphatic rings. The van der Waals surface area contributed by atoms with Gasteiger partial charge in [-0.1, -0.05) is 44.7 Å². The van der Waals surface area contributed by atoms with E-state index < -0.39 is 0 Å². The van der Waals surface area contributed by atoms with E-state index in [9.17, 15) is 0 Å². The quantitative estimate of drug-likeness (QED) is 0.853. The van der Waals surface area contributed by atoms with Gasteiger partial charge in [0.15, 0.2) is 0 Å². The summed E-state index contributed by atoms with van der Waals surface area (Å²) < 4.78 is 1.93. The molecule has 0 saturated heterocycles. The summed E-state index contributed by atoms with van der Waals surface area (Å²) in [5.74, 6) is 0.884. The molecular weight excluding hydrogens is 282 g/mol. The van der Waals surface area contributed by atoms with Crippen LogP contribution in [0.1, 0.15) is 70.2 Å². The number of hydrogen-bond donors (Lipinski definition) is 1. The smallest absolute Gasteiger partial charge is 0.0850 e. The Balaban J connectivity index is 1.99. The zero-order valence-electron chi connectivity index (χ0n) is 13.8. The number of rotatable bonds is 6. The van der Waals surface area contributed by atoms with E-state index in [-0.39, 0.29) is 5.54 Å². The maximum atomic E-state index is 6.67. The lowest BCUT2D eigenvalue weighted by molar-refractivity contribution is 0.219. The van der Waals surface area contributed by atoms with E-state index in [0.29, 0.717) is 0 Å². The van der Waals surface area contributed by atoms with Crippen molar-refractivity contribution in [1.82, 2.24) is 9.78 Å². The number of halogens is 1. The van der Waals surface area contributed by atoms with Gasteiger partial charge in [0, 0.05) is 19.0 Å². The Bertz CT molecular complexity index is 459. The fourth-order valence-corrected chi connectivity index (χ4v) is 3.92. The fraction of sp³-hybridized carbons (Fsp3) is 0.824. The highest BCUT2D eigenvalue weighted by Crippen LogP contribution is 2.36. The lowest BCUT2D eigenvalue weighted by atomic mass is 9.73. The van der Waals surface area contributed by atoms with Gasteiger partial charge in [0.05, 0.1) is 16.4 Å². The number of hydrogen-bond acceptors (Lipinski definition) is 2. The minimum absolute atomic E-state index is 0.0921. The Morgan fingerprint density at radius 2 is 2.00 bits per heavy atom. The minimum Gasteiger partial charge on any atom is -0.325 e. The van der Waals surface area contributed by atoms with E-state index in [1.807, 2.05) is 11.7 Å². The van der Waals surface area contributed by atoms with Crippen LogP contribution in [-0.4, -0.2) is 15.3 Å². The first-order chi connectivity index (χ1) is 9.99. The molecule has 0 aliphatic heterocycles. The SMILES string of the molecule is CCCCC1CCC(N)(Cc2c(Cl)c(CC)nn2C)CC1. The lowest BCUT2D eigenvalue weighted by Gasteiger charge is -2.37. The number of aryl methyl sites for hydroxylation is 2. The fourth-order valence-electron chi connectivity index (χ4n) is 3.56. The average molecular weight is 312 g/mol. The van der Waals surface area contributed by atoms with Crippen LogP contribution in [0.4, 0.5) is 0 Å². The van der Waals surface area contributed by atoms with Crippen molar-refractivity contribution in [3.8, 4) is 0 Å². The molecular formula is C17H30ClN3. The molecule has 0 unspecified atom stereocenters. The third kappa shape index (κ3) is 4.01. The normalized spacial score (nSPS) is 26.2. The molecule has 0 aromatic carbocycles. The molecule has 0 atom stereocenters. The van der Waals surface area contributed by atoms with E-state index in [1.165, 1.54) is 32.1 Å². The summed E-state index contributed by atoms with van der Waals surface area (Å²) in [5.41, 5.74) is 8.69. The summed E-state index contributed by atoms with van der Waals surface area (Å²) in [6.07, 6.45) is 10.5. The molecule has 1 aromatic heterocycles. The second-order valence-corrected chi connectivity index (χ2v) is 7.19. The van der Waals surface area contributed by atoms with Crippen LogP contribution in [-0.2, 0) is 19.9 Å². The van der Waals surface area contributed by atoms with Gasteiger partial charge in [0.25, 0.3) is 0 Å². The maximum Gasteiger partial charge on any atom is 0.0850 e. The van der Waals surface area contributed by atoms with Crippen molar-refractivity contribution in [3.05, 3.63) is 16.4 Å². The van der Waals surface area contributed by atoms with E-state index in [2.05, 4.69) is 18.9 Å². The van der Waals surface area contributed by atoms with Gasteiger partial charge >= 0.3 is 0 Å². The molecule has 4 heteroatoms. The van der Waals surface area contributed by atoms with Gasteiger partial charge in [-0.3, -0.25) is 4.68 Å². The predicted octanol–water partition coefficient (Wildman–Crippen LogP) is 4.26. The lowest BCUT2D eigenvalue weighted by Crippen LogP contribution is -2.45. The van der Waals surface area contributed by atoms with E-state index in [0.717, 1.165) is 48.0 Å². The molecule has 120 valence electrons. The Labute approximate surface area is 134 Å². The minimum atomic E-state index is -0.0921. The Morgan fingerprint density at radius 3 is 2.52 bits per heavy atom. The molecule has 0 radical (unpaired) electrons. The van der Waals surface area contributed by atoms with Crippen molar-refractivity contribution in [2.45, 2.75) is 77.2 Å². The van der Waals surface area contributed by atoms with Gasteiger partial charge in [0.1, 0.15) is 0 Å². The highest BCUT2D eigenvalue weighted by molar-refractivity contribution is 6.31. The molecule has 2 rings (SSSR count). The van der Waals surface area contributed by atoms with Crippen LogP contribution in [0.3, 0.4) is 0 Å². The zero-order valence-corrected chi connectivity index (χ0v) is 14.5. The van der Waals surface area contributed by atoms with Gasteiger partial charge in [-0.15, -0.1) is 0 Å². The second kappa shape index (κ2) is 7.15.